The number of hydrogen-bond donors (Lipinski definition) is 0. The van der Waals surface area contributed by atoms with Crippen LogP contribution < -0.4 is 14.4 Å². The molecule has 0 N–H and O–H groups in total. The van der Waals surface area contributed by atoms with Crippen LogP contribution in [0.2, 0.25) is 0 Å². The molecule has 2 aliphatic heterocycles. The highest BCUT2D eigenvalue weighted by molar-refractivity contribution is 5.74. The molecule has 0 unspecified atom stereocenters. The van der Waals surface area contributed by atoms with Crippen LogP contribution in [0.3, 0.4) is 0 Å². The molecule has 0 saturated carbocycles. The van der Waals surface area contributed by atoms with Crippen LogP contribution >= 0.6 is 0 Å². The number of methoxy groups -OCH3 is 1. The molecule has 3 aromatic rings. The summed E-state index contributed by atoms with van der Waals surface area (Å²) in [5, 5.41) is 0. The van der Waals surface area contributed by atoms with Gasteiger partial charge in [-0.3, -0.25) is 4.79 Å². The molecule has 1 fully saturated rings. The third-order valence-corrected chi connectivity index (χ3v) is 8.81. The van der Waals surface area contributed by atoms with Crippen molar-refractivity contribution in [3.63, 3.8) is 0 Å². The molecule has 0 radical (unpaired) electrons. The van der Waals surface area contributed by atoms with Gasteiger partial charge in [0.25, 0.3) is 0 Å². The Bertz CT molecular complexity index is 1660. The lowest BCUT2D eigenvalue weighted by Gasteiger charge is -2.38. The molecule has 2 aromatic carbocycles. The molecule has 1 amide bonds. The van der Waals surface area contributed by atoms with Gasteiger partial charge < -0.3 is 33.5 Å². The second-order valence-electron chi connectivity index (χ2n) is 15.1. The van der Waals surface area contributed by atoms with Crippen molar-refractivity contribution in [3.8, 4) is 22.8 Å². The van der Waals surface area contributed by atoms with E-state index >= 15 is 0 Å². The molecule has 1 aromatic heterocycles. The van der Waals surface area contributed by atoms with Gasteiger partial charge in [0.1, 0.15) is 35.1 Å². The number of amides is 1. The van der Waals surface area contributed by atoms with E-state index < -0.39 is 11.2 Å². The topological polar surface area (TPSA) is 99.7 Å². The molecule has 10 heteroatoms. The number of nitrogens with zero attached hydrogens (tertiary/aromatic N) is 3. The van der Waals surface area contributed by atoms with Gasteiger partial charge in [-0.2, -0.15) is 0 Å². The summed E-state index contributed by atoms with van der Waals surface area (Å²) in [6, 6.07) is 16.2. The van der Waals surface area contributed by atoms with Gasteiger partial charge in [0, 0.05) is 37.4 Å². The van der Waals surface area contributed by atoms with Gasteiger partial charge in [0.05, 0.1) is 31.4 Å². The first-order valence-electron chi connectivity index (χ1n) is 17.6. The van der Waals surface area contributed by atoms with E-state index in [0.717, 1.165) is 50.8 Å². The van der Waals surface area contributed by atoms with E-state index in [2.05, 4.69) is 11.0 Å². The number of esters is 1. The van der Waals surface area contributed by atoms with Gasteiger partial charge in [-0.05, 0) is 109 Å². The van der Waals surface area contributed by atoms with Crippen LogP contribution in [-0.2, 0) is 38.6 Å². The maximum Gasteiger partial charge on any atom is 0.410 e. The molecule has 5 rings (SSSR count). The maximum absolute atomic E-state index is 13.0. The van der Waals surface area contributed by atoms with Crippen molar-refractivity contribution in [3.05, 3.63) is 70.8 Å². The van der Waals surface area contributed by atoms with Crippen LogP contribution in [0.25, 0.3) is 11.3 Å². The fraction of sp³-hybridized carbons (Fsp3) is 0.525. The minimum Gasteiger partial charge on any atom is -0.496 e. The summed E-state index contributed by atoms with van der Waals surface area (Å²) in [6.07, 6.45) is 0.709. The molecule has 0 aliphatic carbocycles. The summed E-state index contributed by atoms with van der Waals surface area (Å²) in [5.41, 5.74) is 4.71. The third-order valence-electron chi connectivity index (χ3n) is 8.81. The van der Waals surface area contributed by atoms with Gasteiger partial charge in [-0.1, -0.05) is 24.3 Å². The van der Waals surface area contributed by atoms with E-state index in [1.165, 1.54) is 0 Å². The highest BCUT2D eigenvalue weighted by atomic mass is 16.6. The monoisotopic (exact) mass is 687 g/mol. The third kappa shape index (κ3) is 9.07. The highest BCUT2D eigenvalue weighted by Crippen LogP contribution is 2.36. The van der Waals surface area contributed by atoms with Gasteiger partial charge in [-0.15, -0.1) is 0 Å². The number of carbonyl (C=O) groups is 2. The van der Waals surface area contributed by atoms with Crippen LogP contribution in [0.15, 0.2) is 48.5 Å². The van der Waals surface area contributed by atoms with Gasteiger partial charge in [-0.25, -0.2) is 9.78 Å². The average molecular weight is 688 g/mol. The van der Waals surface area contributed by atoms with Crippen molar-refractivity contribution in [1.29, 1.82) is 0 Å². The zero-order valence-electron chi connectivity index (χ0n) is 31.1. The number of carbonyl (C=O) groups excluding carboxylic acids is 2. The summed E-state index contributed by atoms with van der Waals surface area (Å²) in [5.74, 6) is 1.78. The number of benzene rings is 2. The molecular formula is C40H53N3O7. The number of para-hydroxylation sites is 1. The quantitative estimate of drug-likeness (QED) is 0.212. The maximum atomic E-state index is 13.0. The van der Waals surface area contributed by atoms with Crippen LogP contribution in [-0.4, -0.2) is 72.6 Å². The molecule has 2 atom stereocenters. The largest absolute Gasteiger partial charge is 0.496 e. The van der Waals surface area contributed by atoms with Crippen molar-refractivity contribution in [2.45, 2.75) is 98.7 Å². The fourth-order valence-electron chi connectivity index (χ4n) is 6.55. The van der Waals surface area contributed by atoms with Crippen molar-refractivity contribution >= 4 is 17.9 Å². The van der Waals surface area contributed by atoms with Crippen LogP contribution in [0, 0.1) is 12.8 Å². The number of ether oxygens (including phenoxy) is 5. The number of hydrogen-bond acceptors (Lipinski definition) is 9. The lowest BCUT2D eigenvalue weighted by Crippen LogP contribution is -2.49. The SMILES string of the molecule is CCO[C@H]1CN(c2cccc(-c3cccc(C)c3OCc3cc4c(c(OC)c3)CN(C(=O)OC(C)(C)C)CC4)n2)CC[C@H]1C(=O)OC(C)(C)C. The molecule has 1 saturated heterocycles. The zero-order valence-corrected chi connectivity index (χ0v) is 31.1. The van der Waals surface area contributed by atoms with Crippen molar-refractivity contribution < 1.29 is 33.3 Å². The average Bonchev–Trinajstić information content (AvgIpc) is 3.05. The first-order valence-corrected chi connectivity index (χ1v) is 17.6. The van der Waals surface area contributed by atoms with Crippen LogP contribution in [0.4, 0.5) is 10.6 Å². The molecule has 10 nitrogen and oxygen atoms in total. The van der Waals surface area contributed by atoms with E-state index in [0.29, 0.717) is 52.2 Å². The molecule has 0 spiro atoms. The number of aromatic nitrogens is 1. The molecule has 3 heterocycles. The van der Waals surface area contributed by atoms with E-state index in [1.54, 1.807) is 12.0 Å². The Morgan fingerprint density at radius 1 is 0.960 bits per heavy atom. The first-order chi connectivity index (χ1) is 23.7. The summed E-state index contributed by atoms with van der Waals surface area (Å²) < 4.78 is 29.8. The van der Waals surface area contributed by atoms with Crippen LogP contribution in [0.5, 0.6) is 11.5 Å². The summed E-state index contributed by atoms with van der Waals surface area (Å²) in [7, 11) is 1.65. The number of pyridine rings is 1. The fourth-order valence-corrected chi connectivity index (χ4v) is 6.55. The van der Waals surface area contributed by atoms with Gasteiger partial charge in [0.2, 0.25) is 0 Å². The highest BCUT2D eigenvalue weighted by Gasteiger charge is 2.38. The number of fused-ring (bicyclic) bond motifs is 1. The van der Waals surface area contributed by atoms with Gasteiger partial charge in [0.15, 0.2) is 0 Å². The molecular weight excluding hydrogens is 634 g/mol. The molecule has 270 valence electrons. The van der Waals surface area contributed by atoms with E-state index in [4.69, 9.17) is 28.7 Å². The zero-order chi connectivity index (χ0) is 36.2. The summed E-state index contributed by atoms with van der Waals surface area (Å²) >= 11 is 0. The van der Waals surface area contributed by atoms with E-state index in [-0.39, 0.29) is 24.1 Å². The molecule has 0 bridgehead atoms. The van der Waals surface area contributed by atoms with Crippen molar-refractivity contribution in [1.82, 2.24) is 9.88 Å². The minimum atomic E-state index is -0.555. The Morgan fingerprint density at radius 2 is 1.70 bits per heavy atom. The first kappa shape index (κ1) is 37.0. The Hall–Kier alpha value is -4.31. The normalized spacial score (nSPS) is 17.9. The Morgan fingerprint density at radius 3 is 2.40 bits per heavy atom. The predicted octanol–water partition coefficient (Wildman–Crippen LogP) is 7.51. The van der Waals surface area contributed by atoms with E-state index in [1.807, 2.05) is 97.9 Å². The van der Waals surface area contributed by atoms with Crippen LogP contribution in [0.1, 0.15) is 77.1 Å². The lowest BCUT2D eigenvalue weighted by atomic mass is 9.93. The summed E-state index contributed by atoms with van der Waals surface area (Å²) in [4.78, 5) is 34.8. The standard InChI is InChI=1S/C40H53N3O7/c1-10-47-34-24-42(20-18-30(34)37(44)49-39(3,4)5)35-16-12-15-32(41-35)29-14-11-13-26(2)36(29)48-25-27-21-28-17-19-43(38(45)50-40(6,7)8)23-31(28)33(22-27)46-9/h11-16,21-22,30,34H,10,17-20,23-25H2,1-9H3/t30-,34+/m1/s1. The van der Waals surface area contributed by atoms with Crippen molar-refractivity contribution in [2.75, 3.05) is 38.3 Å². The van der Waals surface area contributed by atoms with E-state index in [9.17, 15) is 9.59 Å². The molecule has 2 aliphatic rings. The second-order valence-corrected chi connectivity index (χ2v) is 15.1. The number of anilines is 1. The predicted molar refractivity (Wildman–Crippen MR) is 194 cm³/mol. The Labute approximate surface area is 297 Å². The molecule has 50 heavy (non-hydrogen) atoms. The lowest BCUT2D eigenvalue weighted by molar-refractivity contribution is -0.166. The summed E-state index contributed by atoms with van der Waals surface area (Å²) in [6.45, 7) is 18.3. The van der Waals surface area contributed by atoms with Crippen molar-refractivity contribution in [2.24, 2.45) is 5.92 Å². The number of aryl methyl sites for hydroxylation is 1. The number of piperidine rings is 1. The number of rotatable bonds is 9. The van der Waals surface area contributed by atoms with Gasteiger partial charge >= 0.3 is 12.1 Å². The Balaban J connectivity index is 1.33. The Kier molecular flexibility index (Phi) is 11.3. The second kappa shape index (κ2) is 15.3. The smallest absolute Gasteiger partial charge is 0.410 e. The minimum absolute atomic E-state index is 0.210.